The van der Waals surface area contributed by atoms with E-state index < -0.39 is 6.09 Å². The number of anilines is 1. The van der Waals surface area contributed by atoms with Gasteiger partial charge in [0.2, 0.25) is 0 Å². The zero-order chi connectivity index (χ0) is 12.0. The fraction of sp³-hybridized carbons (Fsp3) is 0.200. The molecule has 0 saturated heterocycles. The number of hydrogen-bond donors (Lipinski definition) is 3. The van der Waals surface area contributed by atoms with E-state index in [9.17, 15) is 9.59 Å². The van der Waals surface area contributed by atoms with Crippen molar-refractivity contribution in [2.45, 2.75) is 6.92 Å². The predicted molar refractivity (Wildman–Crippen MR) is 58.7 cm³/mol. The van der Waals surface area contributed by atoms with Gasteiger partial charge in [-0.3, -0.25) is 15.5 Å². The molecule has 0 spiro atoms. The van der Waals surface area contributed by atoms with Crippen LogP contribution in [0.2, 0.25) is 0 Å². The van der Waals surface area contributed by atoms with Crippen LogP contribution in [0.1, 0.15) is 17.3 Å². The number of hydrogen-bond acceptors (Lipinski definition) is 4. The van der Waals surface area contributed by atoms with Crippen LogP contribution in [0.4, 0.5) is 10.5 Å². The van der Waals surface area contributed by atoms with E-state index in [2.05, 4.69) is 5.32 Å². The lowest BCUT2D eigenvalue weighted by molar-refractivity contribution is 0.0953. The van der Waals surface area contributed by atoms with Gasteiger partial charge in [0.05, 0.1) is 6.61 Å². The molecule has 0 aliphatic heterocycles. The SMILES string of the molecule is CCOC(=O)Nc1ccc(C(=O)NN)cc1. The summed E-state index contributed by atoms with van der Waals surface area (Å²) in [6, 6.07) is 6.26. The Hall–Kier alpha value is -2.08. The van der Waals surface area contributed by atoms with Gasteiger partial charge in [-0.15, -0.1) is 0 Å². The molecule has 0 fully saturated rings. The molecule has 0 saturated carbocycles. The van der Waals surface area contributed by atoms with Gasteiger partial charge in [-0.1, -0.05) is 0 Å². The normalized spacial score (nSPS) is 9.38. The van der Waals surface area contributed by atoms with Crippen molar-refractivity contribution in [1.82, 2.24) is 5.43 Å². The summed E-state index contributed by atoms with van der Waals surface area (Å²) >= 11 is 0. The average Bonchev–Trinajstić information content (AvgIpc) is 2.29. The summed E-state index contributed by atoms with van der Waals surface area (Å²) in [5.74, 6) is 4.59. The van der Waals surface area contributed by atoms with Crippen LogP contribution in [0, 0.1) is 0 Å². The Morgan fingerprint density at radius 2 is 1.94 bits per heavy atom. The average molecular weight is 223 g/mol. The molecule has 0 unspecified atom stereocenters. The van der Waals surface area contributed by atoms with E-state index in [1.807, 2.05) is 5.43 Å². The van der Waals surface area contributed by atoms with Crippen LogP contribution in [-0.2, 0) is 4.74 Å². The summed E-state index contributed by atoms with van der Waals surface area (Å²) in [5, 5.41) is 2.50. The Bertz CT molecular complexity index is 375. The number of nitrogens with two attached hydrogens (primary N) is 1. The second-order valence-corrected chi connectivity index (χ2v) is 2.90. The Balaban J connectivity index is 2.64. The third kappa shape index (κ3) is 3.25. The molecule has 86 valence electrons. The monoisotopic (exact) mass is 223 g/mol. The Morgan fingerprint density at radius 3 is 2.44 bits per heavy atom. The van der Waals surface area contributed by atoms with Crippen molar-refractivity contribution in [2.75, 3.05) is 11.9 Å². The molecule has 1 rings (SSSR count). The van der Waals surface area contributed by atoms with E-state index in [1.165, 1.54) is 0 Å². The molecule has 1 aromatic rings. The van der Waals surface area contributed by atoms with E-state index in [0.717, 1.165) is 0 Å². The summed E-state index contributed by atoms with van der Waals surface area (Å²) < 4.78 is 4.70. The lowest BCUT2D eigenvalue weighted by Gasteiger charge is -2.05. The fourth-order valence-corrected chi connectivity index (χ4v) is 1.07. The van der Waals surface area contributed by atoms with Crippen molar-refractivity contribution < 1.29 is 14.3 Å². The highest BCUT2D eigenvalue weighted by Gasteiger charge is 2.04. The smallest absolute Gasteiger partial charge is 0.411 e. The molecule has 0 atom stereocenters. The Morgan fingerprint density at radius 1 is 1.31 bits per heavy atom. The van der Waals surface area contributed by atoms with Gasteiger partial charge in [-0.2, -0.15) is 0 Å². The molecule has 0 aliphatic rings. The van der Waals surface area contributed by atoms with Crippen molar-refractivity contribution in [2.24, 2.45) is 5.84 Å². The van der Waals surface area contributed by atoms with E-state index in [1.54, 1.807) is 31.2 Å². The minimum atomic E-state index is -0.529. The highest BCUT2D eigenvalue weighted by atomic mass is 16.5. The number of carbonyl (C=O) groups is 2. The van der Waals surface area contributed by atoms with Crippen molar-refractivity contribution in [1.29, 1.82) is 0 Å². The fourth-order valence-electron chi connectivity index (χ4n) is 1.07. The molecule has 0 heterocycles. The first-order valence-corrected chi connectivity index (χ1v) is 4.72. The zero-order valence-electron chi connectivity index (χ0n) is 8.82. The second-order valence-electron chi connectivity index (χ2n) is 2.90. The highest BCUT2D eigenvalue weighted by molar-refractivity contribution is 5.94. The third-order valence-corrected chi connectivity index (χ3v) is 1.80. The number of hydrazine groups is 1. The Kier molecular flexibility index (Phi) is 4.28. The van der Waals surface area contributed by atoms with E-state index in [4.69, 9.17) is 10.6 Å². The number of benzene rings is 1. The maximum atomic E-state index is 11.1. The van der Waals surface area contributed by atoms with Gasteiger partial charge in [0.15, 0.2) is 0 Å². The first-order valence-electron chi connectivity index (χ1n) is 4.72. The van der Waals surface area contributed by atoms with Gasteiger partial charge >= 0.3 is 6.09 Å². The molecule has 0 bridgehead atoms. The molecule has 6 heteroatoms. The number of amides is 2. The van der Waals surface area contributed by atoms with Crippen molar-refractivity contribution in [3.8, 4) is 0 Å². The summed E-state index contributed by atoms with van der Waals surface area (Å²) in [7, 11) is 0. The van der Waals surface area contributed by atoms with Gasteiger partial charge in [-0.05, 0) is 31.2 Å². The number of ether oxygens (including phenoxy) is 1. The zero-order valence-corrected chi connectivity index (χ0v) is 8.82. The van der Waals surface area contributed by atoms with E-state index >= 15 is 0 Å². The number of nitrogen functional groups attached to an aromatic ring is 1. The quantitative estimate of drug-likeness (QED) is 0.402. The number of rotatable bonds is 3. The van der Waals surface area contributed by atoms with E-state index in [-0.39, 0.29) is 5.91 Å². The van der Waals surface area contributed by atoms with Gasteiger partial charge in [-0.25, -0.2) is 10.6 Å². The third-order valence-electron chi connectivity index (χ3n) is 1.80. The minimum absolute atomic E-state index is 0.305. The number of carbonyl (C=O) groups excluding carboxylic acids is 2. The lowest BCUT2D eigenvalue weighted by Crippen LogP contribution is -2.29. The molecule has 0 radical (unpaired) electrons. The molecule has 1 aromatic carbocycles. The van der Waals surface area contributed by atoms with E-state index in [0.29, 0.717) is 17.9 Å². The van der Waals surface area contributed by atoms with Crippen LogP contribution >= 0.6 is 0 Å². The lowest BCUT2D eigenvalue weighted by atomic mass is 10.2. The molecule has 0 aliphatic carbocycles. The van der Waals surface area contributed by atoms with Crippen molar-refractivity contribution in [3.63, 3.8) is 0 Å². The summed E-state index contributed by atoms with van der Waals surface area (Å²) in [6.07, 6.45) is -0.529. The van der Waals surface area contributed by atoms with Crippen LogP contribution in [0.25, 0.3) is 0 Å². The van der Waals surface area contributed by atoms with Gasteiger partial charge < -0.3 is 4.74 Å². The van der Waals surface area contributed by atoms with Crippen LogP contribution in [0.3, 0.4) is 0 Å². The van der Waals surface area contributed by atoms with Crippen molar-refractivity contribution >= 4 is 17.7 Å². The molecular weight excluding hydrogens is 210 g/mol. The van der Waals surface area contributed by atoms with Crippen LogP contribution in [-0.4, -0.2) is 18.6 Å². The maximum Gasteiger partial charge on any atom is 0.411 e. The topological polar surface area (TPSA) is 93.4 Å². The minimum Gasteiger partial charge on any atom is -0.450 e. The van der Waals surface area contributed by atoms with Crippen LogP contribution in [0.15, 0.2) is 24.3 Å². The standard InChI is InChI=1S/C10H13N3O3/c1-2-16-10(15)12-8-5-3-7(4-6-8)9(14)13-11/h3-6H,2,11H2,1H3,(H,12,15)(H,13,14). The van der Waals surface area contributed by atoms with Crippen LogP contribution in [0.5, 0.6) is 0 Å². The van der Waals surface area contributed by atoms with Crippen LogP contribution < -0.4 is 16.6 Å². The molecule has 2 amide bonds. The van der Waals surface area contributed by atoms with Gasteiger partial charge in [0.25, 0.3) is 5.91 Å². The van der Waals surface area contributed by atoms with Gasteiger partial charge in [0, 0.05) is 11.3 Å². The highest BCUT2D eigenvalue weighted by Crippen LogP contribution is 2.09. The summed E-state index contributed by atoms with van der Waals surface area (Å²) in [4.78, 5) is 22.2. The Labute approximate surface area is 92.7 Å². The largest absolute Gasteiger partial charge is 0.450 e. The molecule has 6 nitrogen and oxygen atoms in total. The van der Waals surface area contributed by atoms with Crippen molar-refractivity contribution in [3.05, 3.63) is 29.8 Å². The predicted octanol–water partition coefficient (Wildman–Crippen LogP) is 0.858. The van der Waals surface area contributed by atoms with Gasteiger partial charge in [0.1, 0.15) is 0 Å². The molecule has 4 N–H and O–H groups in total. The summed E-state index contributed by atoms with van der Waals surface area (Å²) in [6.45, 7) is 2.02. The maximum absolute atomic E-state index is 11.1. The molecular formula is C10H13N3O3. The first kappa shape index (κ1) is 12.0. The number of nitrogens with one attached hydrogen (secondary N) is 2. The molecule has 16 heavy (non-hydrogen) atoms. The molecule has 0 aromatic heterocycles. The second kappa shape index (κ2) is 5.72. The first-order chi connectivity index (χ1) is 7.67. The summed E-state index contributed by atoms with van der Waals surface area (Å²) in [5.41, 5.74) is 2.97.